The van der Waals surface area contributed by atoms with Crippen LogP contribution in [0.25, 0.3) is 6.08 Å². The van der Waals surface area contributed by atoms with Gasteiger partial charge in [0.15, 0.2) is 0 Å². The Kier molecular flexibility index (Phi) is 11.7. The number of aliphatic hydroxyl groups excluding tert-OH is 2. The molecule has 0 amide bonds. The lowest BCUT2D eigenvalue weighted by Crippen LogP contribution is -2.45. The zero-order valence-electron chi connectivity index (χ0n) is 25.5. The van der Waals surface area contributed by atoms with Gasteiger partial charge in [0.2, 0.25) is 0 Å². The molecular formula is C29H48N3O8PS. The van der Waals surface area contributed by atoms with Crippen molar-refractivity contribution >= 4 is 36.7 Å². The molecule has 0 bridgehead atoms. The van der Waals surface area contributed by atoms with Gasteiger partial charge in [0.1, 0.15) is 16.9 Å². The van der Waals surface area contributed by atoms with Gasteiger partial charge in [0, 0.05) is 24.3 Å². The number of aliphatic hydroxyl groups is 2. The number of epoxide rings is 1. The molecule has 3 unspecified atom stereocenters. The third-order valence-corrected chi connectivity index (χ3v) is 11.2. The summed E-state index contributed by atoms with van der Waals surface area (Å²) < 4.78 is 24.0. The Balaban J connectivity index is 1.80. The quantitative estimate of drug-likeness (QED) is 0.169. The number of rotatable bonds is 7. The first kappa shape index (κ1) is 35.0. The minimum atomic E-state index is -3.53. The highest BCUT2D eigenvalue weighted by Crippen LogP contribution is 2.45. The molecule has 2 aliphatic rings. The SMILES string of the molecule is CC(=Cc1csc(CNP(=O)(O)CCN)n1)C1CC2O[C@]2(C)CCC[C@H](C)[C@H](O)[C@@H](C)C(=O)C(C)(C)[C@@H](O)CC(=O)O1. The van der Waals surface area contributed by atoms with Gasteiger partial charge in [-0.1, -0.05) is 34.1 Å². The van der Waals surface area contributed by atoms with Gasteiger partial charge in [-0.25, -0.2) is 10.1 Å². The molecule has 6 N–H and O–H groups in total. The van der Waals surface area contributed by atoms with E-state index in [9.17, 15) is 29.3 Å². The topological polar surface area (TPSA) is 185 Å². The normalized spacial score (nSPS) is 34.8. The van der Waals surface area contributed by atoms with Gasteiger partial charge in [0.25, 0.3) is 7.52 Å². The predicted molar refractivity (Wildman–Crippen MR) is 162 cm³/mol. The highest BCUT2D eigenvalue weighted by Gasteiger charge is 2.53. The number of carbonyl (C=O) groups excluding carboxylic acids is 2. The number of thiazole rings is 1. The number of fused-ring (bicyclic) bond motifs is 1. The second kappa shape index (κ2) is 14.1. The van der Waals surface area contributed by atoms with Crippen LogP contribution >= 0.6 is 18.9 Å². The zero-order valence-corrected chi connectivity index (χ0v) is 27.2. The number of ether oxygens (including phenoxy) is 2. The van der Waals surface area contributed by atoms with Gasteiger partial charge in [-0.05, 0) is 44.3 Å². The molecule has 11 nitrogen and oxygen atoms in total. The molecule has 2 fully saturated rings. The van der Waals surface area contributed by atoms with Crippen LogP contribution in [0, 0.1) is 17.3 Å². The van der Waals surface area contributed by atoms with Crippen LogP contribution in [0.3, 0.4) is 0 Å². The lowest BCUT2D eigenvalue weighted by Gasteiger charge is -2.34. The number of aromatic nitrogens is 1. The second-order valence-electron chi connectivity index (χ2n) is 12.7. The number of cyclic esters (lactones) is 1. The van der Waals surface area contributed by atoms with Crippen LogP contribution < -0.4 is 10.8 Å². The molecule has 2 aliphatic heterocycles. The fraction of sp³-hybridized carbons (Fsp3) is 0.759. The molecular weight excluding hydrogens is 581 g/mol. The molecule has 13 heteroatoms. The van der Waals surface area contributed by atoms with E-state index >= 15 is 0 Å². The molecule has 8 atom stereocenters. The van der Waals surface area contributed by atoms with Gasteiger partial charge in [-0.3, -0.25) is 14.2 Å². The van der Waals surface area contributed by atoms with Gasteiger partial charge < -0.3 is 30.3 Å². The largest absolute Gasteiger partial charge is 0.458 e. The van der Waals surface area contributed by atoms with E-state index in [0.29, 0.717) is 17.1 Å². The van der Waals surface area contributed by atoms with Crippen molar-refractivity contribution in [2.45, 2.75) is 110 Å². The monoisotopic (exact) mass is 629 g/mol. The first-order chi connectivity index (χ1) is 19.5. The number of ketones is 1. The average Bonchev–Trinajstić information content (AvgIpc) is 3.31. The van der Waals surface area contributed by atoms with E-state index in [4.69, 9.17) is 15.2 Å². The van der Waals surface area contributed by atoms with E-state index in [1.165, 1.54) is 11.3 Å². The van der Waals surface area contributed by atoms with Crippen LogP contribution in [0.5, 0.6) is 0 Å². The molecule has 0 radical (unpaired) electrons. The van der Waals surface area contributed by atoms with Gasteiger partial charge in [0.05, 0.1) is 54.1 Å². The van der Waals surface area contributed by atoms with Crippen molar-refractivity contribution in [3.63, 3.8) is 0 Å². The van der Waals surface area contributed by atoms with Crippen LogP contribution in [0.4, 0.5) is 0 Å². The van der Waals surface area contributed by atoms with Crippen molar-refractivity contribution in [3.8, 4) is 0 Å². The Morgan fingerprint density at radius 1 is 1.29 bits per heavy atom. The number of hydrogen-bond donors (Lipinski definition) is 5. The summed E-state index contributed by atoms with van der Waals surface area (Å²) in [6, 6.07) is 0. The average molecular weight is 630 g/mol. The number of nitrogens with zero attached hydrogens (tertiary/aromatic N) is 1. The van der Waals surface area contributed by atoms with Gasteiger partial charge in [-0.2, -0.15) is 0 Å². The number of hydrogen-bond acceptors (Lipinski definition) is 10. The van der Waals surface area contributed by atoms with Crippen molar-refractivity contribution in [2.24, 2.45) is 23.0 Å². The summed E-state index contributed by atoms with van der Waals surface area (Å²) in [7, 11) is -3.53. The molecule has 2 saturated heterocycles. The highest BCUT2D eigenvalue weighted by molar-refractivity contribution is 7.55. The molecule has 1 aromatic rings. The van der Waals surface area contributed by atoms with Crippen LogP contribution in [-0.2, 0) is 30.2 Å². The van der Waals surface area contributed by atoms with Crippen LogP contribution in [0.1, 0.15) is 84.3 Å². The summed E-state index contributed by atoms with van der Waals surface area (Å²) in [5.74, 6) is -1.75. The molecule has 0 saturated carbocycles. The van der Waals surface area contributed by atoms with Crippen LogP contribution in [0.15, 0.2) is 11.0 Å². The zero-order chi connectivity index (χ0) is 31.5. The number of carbonyl (C=O) groups is 2. The van der Waals surface area contributed by atoms with Crippen molar-refractivity contribution in [2.75, 3.05) is 12.7 Å². The molecule has 0 aliphatic carbocycles. The maximum Gasteiger partial charge on any atom is 0.309 e. The molecule has 0 aromatic carbocycles. The summed E-state index contributed by atoms with van der Waals surface area (Å²) in [6.07, 6.45) is 1.20. The Morgan fingerprint density at radius 3 is 2.64 bits per heavy atom. The lowest BCUT2D eigenvalue weighted by atomic mass is 9.73. The van der Waals surface area contributed by atoms with Gasteiger partial charge >= 0.3 is 5.97 Å². The predicted octanol–water partition coefficient (Wildman–Crippen LogP) is 3.40. The minimum absolute atomic E-state index is 0.0283. The summed E-state index contributed by atoms with van der Waals surface area (Å²) in [5, 5.41) is 26.9. The Hall–Kier alpha value is -1.50. The van der Waals surface area contributed by atoms with E-state index in [1.54, 1.807) is 20.8 Å². The van der Waals surface area contributed by atoms with Crippen molar-refractivity contribution < 1.29 is 38.7 Å². The summed E-state index contributed by atoms with van der Waals surface area (Å²) in [5.41, 5.74) is 5.11. The van der Waals surface area contributed by atoms with Crippen molar-refractivity contribution in [1.82, 2.24) is 10.1 Å². The Labute approximate surface area is 252 Å². The first-order valence-electron chi connectivity index (χ1n) is 14.7. The standard InChI is InChI=1S/C29H48N3O8PS/c1-17-8-7-9-29(6)23(40-29)13-21(39-25(34)14-22(33)28(4,5)27(36)19(3)26(17)35)18(2)12-20-16-42-24(32-20)15-31-41(37,38)11-10-30/h12,16-17,19,21-23,26,33,35H,7-11,13-15,30H2,1-6H3,(H2,31,37,38)/t17-,19+,21?,22-,23?,26-,29+/m0/s1. The summed E-state index contributed by atoms with van der Waals surface area (Å²) >= 11 is 1.34. The number of esters is 1. The van der Waals surface area contributed by atoms with E-state index in [2.05, 4.69) is 10.1 Å². The number of nitrogens with two attached hydrogens (primary N) is 1. The summed E-state index contributed by atoms with van der Waals surface area (Å²) in [4.78, 5) is 40.8. The van der Waals surface area contributed by atoms with Crippen molar-refractivity contribution in [1.29, 1.82) is 0 Å². The second-order valence-corrected chi connectivity index (χ2v) is 15.8. The van der Waals surface area contributed by atoms with E-state index in [1.807, 2.05) is 32.2 Å². The summed E-state index contributed by atoms with van der Waals surface area (Å²) in [6.45, 7) is 10.9. The first-order valence-corrected chi connectivity index (χ1v) is 17.4. The molecule has 3 rings (SSSR count). The number of Topliss-reactive ketones (excluding diaryl/α,β-unsaturated/α-hetero) is 1. The van der Waals surface area contributed by atoms with E-state index in [-0.39, 0.29) is 49.1 Å². The van der Waals surface area contributed by atoms with E-state index in [0.717, 1.165) is 24.8 Å². The fourth-order valence-corrected chi connectivity index (χ4v) is 7.24. The smallest absolute Gasteiger partial charge is 0.309 e. The maximum atomic E-state index is 13.3. The third kappa shape index (κ3) is 9.01. The Morgan fingerprint density at radius 2 is 1.98 bits per heavy atom. The molecule has 0 spiro atoms. The molecule has 42 heavy (non-hydrogen) atoms. The lowest BCUT2D eigenvalue weighted by molar-refractivity contribution is -0.154. The van der Waals surface area contributed by atoms with Gasteiger partial charge in [-0.15, -0.1) is 11.3 Å². The Bertz CT molecular complexity index is 1190. The maximum absolute atomic E-state index is 13.3. The minimum Gasteiger partial charge on any atom is -0.458 e. The fourth-order valence-electron chi connectivity index (χ4n) is 5.54. The number of nitrogens with one attached hydrogen (secondary N) is 1. The molecule has 1 aromatic heterocycles. The van der Waals surface area contributed by atoms with Crippen LogP contribution in [0.2, 0.25) is 0 Å². The van der Waals surface area contributed by atoms with Crippen molar-refractivity contribution in [3.05, 3.63) is 21.7 Å². The highest BCUT2D eigenvalue weighted by atomic mass is 32.1. The molecule has 3 heterocycles. The third-order valence-electron chi connectivity index (χ3n) is 8.77. The van der Waals surface area contributed by atoms with Crippen LogP contribution in [-0.4, -0.2) is 74.6 Å². The molecule has 238 valence electrons. The van der Waals surface area contributed by atoms with E-state index < -0.39 is 43.1 Å².